The minimum atomic E-state index is -3.89. The Balaban J connectivity index is 1.89. The van der Waals surface area contributed by atoms with Gasteiger partial charge in [0.1, 0.15) is 10.6 Å². The number of carbonyl (C=O) groups excluding carboxylic acids is 2. The first kappa shape index (κ1) is 17.0. The molecule has 0 saturated carbocycles. The van der Waals surface area contributed by atoms with Crippen LogP contribution in [-0.2, 0) is 21.3 Å². The highest BCUT2D eigenvalue weighted by Gasteiger charge is 2.23. The Kier molecular flexibility index (Phi) is 4.49. The maximum atomic E-state index is 12.6. The number of carbonyl (C=O) groups is 2. The van der Waals surface area contributed by atoms with E-state index in [0.29, 0.717) is 18.8 Å². The van der Waals surface area contributed by atoms with Gasteiger partial charge in [-0.05, 0) is 30.7 Å². The number of sulfonamides is 1. The summed E-state index contributed by atoms with van der Waals surface area (Å²) < 4.78 is 33.8. The van der Waals surface area contributed by atoms with Crippen LogP contribution in [0.5, 0.6) is 0 Å². The molecule has 3 rings (SSSR count). The van der Waals surface area contributed by atoms with E-state index in [1.54, 1.807) is 10.6 Å². The number of esters is 1. The molecule has 0 fully saturated rings. The average Bonchev–Trinajstić information content (AvgIpc) is 2.95. The Hall–Kier alpha value is -2.81. The molecule has 0 atom stereocenters. The van der Waals surface area contributed by atoms with E-state index in [1.165, 1.54) is 37.6 Å². The molecule has 9 heteroatoms. The highest BCUT2D eigenvalue weighted by Crippen LogP contribution is 2.21. The van der Waals surface area contributed by atoms with Gasteiger partial charge in [0.05, 0.1) is 12.7 Å². The van der Waals surface area contributed by atoms with Crippen molar-refractivity contribution >= 4 is 27.6 Å². The maximum absolute atomic E-state index is 12.6. The predicted molar refractivity (Wildman–Crippen MR) is 90.0 cm³/mol. The summed E-state index contributed by atoms with van der Waals surface area (Å²) in [7, 11) is -2.65. The molecule has 1 aliphatic heterocycles. The minimum Gasteiger partial charge on any atom is -0.465 e. The predicted octanol–water partition coefficient (Wildman–Crippen LogP) is 1.21. The number of hydrogen-bond acceptors (Lipinski definition) is 5. The normalized spacial score (nSPS) is 14.2. The van der Waals surface area contributed by atoms with Crippen LogP contribution in [0.2, 0.25) is 0 Å². The van der Waals surface area contributed by atoms with Crippen molar-refractivity contribution in [1.29, 1.82) is 0 Å². The van der Waals surface area contributed by atoms with Gasteiger partial charge in [-0.15, -0.1) is 0 Å². The molecule has 1 aromatic carbocycles. The van der Waals surface area contributed by atoms with Crippen LogP contribution in [0.3, 0.4) is 0 Å². The first-order valence-corrected chi connectivity index (χ1v) is 9.08. The molecule has 0 aliphatic carbocycles. The molecule has 0 bridgehead atoms. The lowest BCUT2D eigenvalue weighted by Crippen LogP contribution is -2.22. The number of nitrogens with zero attached hydrogens (tertiary/aromatic N) is 1. The first-order chi connectivity index (χ1) is 11.9. The zero-order valence-electron chi connectivity index (χ0n) is 13.5. The molecule has 1 aromatic heterocycles. The first-order valence-electron chi connectivity index (χ1n) is 7.60. The van der Waals surface area contributed by atoms with Gasteiger partial charge in [-0.3, -0.25) is 9.52 Å². The number of aromatic nitrogens is 1. The summed E-state index contributed by atoms with van der Waals surface area (Å²) >= 11 is 0. The van der Waals surface area contributed by atoms with E-state index in [9.17, 15) is 18.0 Å². The smallest absolute Gasteiger partial charge is 0.337 e. The molecule has 1 amide bonds. The summed E-state index contributed by atoms with van der Waals surface area (Å²) in [6, 6.07) is 7.32. The van der Waals surface area contributed by atoms with Gasteiger partial charge in [0.15, 0.2) is 0 Å². The van der Waals surface area contributed by atoms with E-state index < -0.39 is 16.0 Å². The maximum Gasteiger partial charge on any atom is 0.337 e. The Morgan fingerprint density at radius 1 is 1.32 bits per heavy atom. The third-order valence-electron chi connectivity index (χ3n) is 3.81. The number of hydrogen-bond donors (Lipinski definition) is 2. The number of anilines is 1. The van der Waals surface area contributed by atoms with Crippen LogP contribution in [0.1, 0.15) is 27.3 Å². The Morgan fingerprint density at radius 3 is 2.88 bits per heavy atom. The van der Waals surface area contributed by atoms with Crippen LogP contribution in [-0.4, -0.2) is 38.5 Å². The van der Waals surface area contributed by atoms with Crippen LogP contribution in [0, 0.1) is 0 Å². The van der Waals surface area contributed by atoms with E-state index in [4.69, 9.17) is 0 Å². The summed E-state index contributed by atoms with van der Waals surface area (Å²) in [5.41, 5.74) is 0.768. The van der Waals surface area contributed by atoms with Crippen LogP contribution in [0.15, 0.2) is 41.4 Å². The molecular formula is C16H17N3O5S. The van der Waals surface area contributed by atoms with Gasteiger partial charge in [0, 0.05) is 25.0 Å². The fourth-order valence-electron chi connectivity index (χ4n) is 2.59. The van der Waals surface area contributed by atoms with E-state index in [1.807, 2.05) is 0 Å². The zero-order valence-corrected chi connectivity index (χ0v) is 14.3. The van der Waals surface area contributed by atoms with Crippen LogP contribution in [0.4, 0.5) is 5.69 Å². The molecule has 0 spiro atoms. The molecule has 25 heavy (non-hydrogen) atoms. The second kappa shape index (κ2) is 6.60. The van der Waals surface area contributed by atoms with Crippen LogP contribution < -0.4 is 10.0 Å². The number of rotatable bonds is 4. The minimum absolute atomic E-state index is 0.0111. The number of benzene rings is 1. The summed E-state index contributed by atoms with van der Waals surface area (Å²) in [6.45, 7) is 1.11. The fourth-order valence-corrected chi connectivity index (χ4v) is 3.68. The standard InChI is InChI=1S/C16H17N3O5S/c1-24-16(21)11-4-2-5-12(8-11)18-25(22,23)13-9-14-15(20)17-6-3-7-19(14)10-13/h2,4-5,8-10,18H,3,6-7H2,1H3,(H,17,20). The second-order valence-corrected chi connectivity index (χ2v) is 7.22. The van der Waals surface area contributed by atoms with Gasteiger partial charge < -0.3 is 14.6 Å². The number of fused-ring (bicyclic) bond motifs is 1. The van der Waals surface area contributed by atoms with Crippen molar-refractivity contribution in [3.63, 3.8) is 0 Å². The van der Waals surface area contributed by atoms with E-state index >= 15 is 0 Å². The zero-order chi connectivity index (χ0) is 18.0. The number of ether oxygens (including phenoxy) is 1. The van der Waals surface area contributed by atoms with Crippen LogP contribution in [0.25, 0.3) is 0 Å². The Morgan fingerprint density at radius 2 is 2.12 bits per heavy atom. The van der Waals surface area contributed by atoms with Crippen molar-refractivity contribution in [3.05, 3.63) is 47.8 Å². The lowest BCUT2D eigenvalue weighted by Gasteiger charge is -2.08. The summed E-state index contributed by atoms with van der Waals surface area (Å²) in [4.78, 5) is 23.5. The molecule has 0 unspecified atom stereocenters. The van der Waals surface area contributed by atoms with E-state index in [0.717, 1.165) is 6.42 Å². The molecule has 8 nitrogen and oxygen atoms in total. The summed E-state index contributed by atoms with van der Waals surface area (Å²) in [5, 5.41) is 2.72. The molecular weight excluding hydrogens is 346 g/mol. The highest BCUT2D eigenvalue weighted by molar-refractivity contribution is 7.92. The summed E-state index contributed by atoms with van der Waals surface area (Å²) in [6.07, 6.45) is 2.16. The van der Waals surface area contributed by atoms with Gasteiger partial charge in [0.25, 0.3) is 15.9 Å². The van der Waals surface area contributed by atoms with Gasteiger partial charge >= 0.3 is 5.97 Å². The molecule has 2 aromatic rings. The van der Waals surface area contributed by atoms with Gasteiger partial charge in [-0.1, -0.05) is 6.07 Å². The van der Waals surface area contributed by atoms with Crippen molar-refractivity contribution in [3.8, 4) is 0 Å². The van der Waals surface area contributed by atoms with Gasteiger partial charge in [-0.25, -0.2) is 13.2 Å². The molecule has 2 heterocycles. The number of aryl methyl sites for hydroxylation is 1. The van der Waals surface area contributed by atoms with Crippen molar-refractivity contribution in [2.45, 2.75) is 17.9 Å². The SMILES string of the molecule is COC(=O)c1cccc(NS(=O)(=O)c2cc3n(c2)CCCNC3=O)c1. The van der Waals surface area contributed by atoms with Crippen molar-refractivity contribution in [2.75, 3.05) is 18.4 Å². The quantitative estimate of drug-likeness (QED) is 0.794. The number of methoxy groups -OCH3 is 1. The van der Waals surface area contributed by atoms with E-state index in [2.05, 4.69) is 14.8 Å². The summed E-state index contributed by atoms with van der Waals surface area (Å²) in [5.74, 6) is -0.861. The lowest BCUT2D eigenvalue weighted by atomic mass is 10.2. The Labute approximate surface area is 144 Å². The third-order valence-corrected chi connectivity index (χ3v) is 5.16. The lowest BCUT2D eigenvalue weighted by molar-refractivity contribution is 0.0600. The molecule has 0 saturated heterocycles. The Bertz CT molecular complexity index is 933. The highest BCUT2D eigenvalue weighted by atomic mass is 32.2. The molecule has 1 aliphatic rings. The average molecular weight is 363 g/mol. The third kappa shape index (κ3) is 3.50. The number of amides is 1. The molecule has 0 radical (unpaired) electrons. The number of nitrogens with one attached hydrogen (secondary N) is 2. The van der Waals surface area contributed by atoms with Gasteiger partial charge in [0.2, 0.25) is 0 Å². The monoisotopic (exact) mass is 363 g/mol. The molecule has 2 N–H and O–H groups in total. The van der Waals surface area contributed by atoms with Crippen molar-refractivity contribution in [1.82, 2.24) is 9.88 Å². The van der Waals surface area contributed by atoms with Crippen molar-refractivity contribution < 1.29 is 22.7 Å². The largest absolute Gasteiger partial charge is 0.465 e. The fraction of sp³-hybridized carbons (Fsp3) is 0.250. The second-order valence-electron chi connectivity index (χ2n) is 5.54. The van der Waals surface area contributed by atoms with Crippen LogP contribution >= 0.6 is 0 Å². The van der Waals surface area contributed by atoms with Crippen molar-refractivity contribution in [2.24, 2.45) is 0 Å². The van der Waals surface area contributed by atoms with Gasteiger partial charge in [-0.2, -0.15) is 0 Å². The van der Waals surface area contributed by atoms with E-state index in [-0.39, 0.29) is 22.1 Å². The molecule has 132 valence electrons. The topological polar surface area (TPSA) is 106 Å².